The minimum Gasteiger partial charge on any atom is -0.309 e. The summed E-state index contributed by atoms with van der Waals surface area (Å²) >= 11 is 6.24. The molecule has 98 valence electrons. The molecule has 0 aliphatic heterocycles. The summed E-state index contributed by atoms with van der Waals surface area (Å²) in [6.07, 6.45) is 6.65. The Morgan fingerprint density at radius 2 is 2.12 bits per heavy atom. The molecule has 4 heteroatoms. The Labute approximate surface area is 110 Å². The molecule has 0 radical (unpaired) electrons. The van der Waals surface area contributed by atoms with Crippen LogP contribution in [0.2, 0.25) is 5.02 Å². The molecule has 1 aromatic rings. The number of halogens is 1. The van der Waals surface area contributed by atoms with Gasteiger partial charge in [-0.2, -0.15) is 5.10 Å². The highest BCUT2D eigenvalue weighted by atomic mass is 35.5. The Hall–Kier alpha value is -0.540. The van der Waals surface area contributed by atoms with Gasteiger partial charge in [-0.25, -0.2) is 0 Å². The van der Waals surface area contributed by atoms with Crippen molar-refractivity contribution in [2.24, 2.45) is 0 Å². The predicted octanol–water partition coefficient (Wildman–Crippen LogP) is 3.79. The van der Waals surface area contributed by atoms with Gasteiger partial charge in [0, 0.05) is 6.54 Å². The summed E-state index contributed by atoms with van der Waals surface area (Å²) in [4.78, 5) is 0. The molecule has 0 saturated carbocycles. The number of hydrogen-bond acceptors (Lipinski definition) is 2. The van der Waals surface area contributed by atoms with Crippen molar-refractivity contribution in [1.82, 2.24) is 15.1 Å². The minimum atomic E-state index is 0.335. The predicted molar refractivity (Wildman–Crippen MR) is 73.5 cm³/mol. The zero-order valence-electron chi connectivity index (χ0n) is 11.2. The van der Waals surface area contributed by atoms with Gasteiger partial charge in [-0.1, -0.05) is 44.7 Å². The number of unbranched alkanes of at least 4 members (excludes halogenated alkanes) is 2. The van der Waals surface area contributed by atoms with Crippen molar-refractivity contribution in [1.29, 1.82) is 0 Å². The van der Waals surface area contributed by atoms with Gasteiger partial charge in [0.1, 0.15) is 0 Å². The first kappa shape index (κ1) is 14.5. The molecule has 1 atom stereocenters. The van der Waals surface area contributed by atoms with Gasteiger partial charge >= 0.3 is 0 Å². The van der Waals surface area contributed by atoms with Crippen molar-refractivity contribution in [3.8, 4) is 0 Å². The second-order valence-corrected chi connectivity index (χ2v) is 4.71. The highest BCUT2D eigenvalue weighted by molar-refractivity contribution is 6.31. The maximum absolute atomic E-state index is 6.24. The summed E-state index contributed by atoms with van der Waals surface area (Å²) in [6, 6.07) is 0.335. The SMILES string of the molecule is CCCCCC(NCC)c1c(Cl)cnn1CC. The number of hydrogen-bond donors (Lipinski definition) is 1. The lowest BCUT2D eigenvalue weighted by Gasteiger charge is -2.19. The average molecular weight is 258 g/mol. The van der Waals surface area contributed by atoms with E-state index in [0.717, 1.165) is 30.2 Å². The maximum Gasteiger partial charge on any atom is 0.0834 e. The van der Waals surface area contributed by atoms with Crippen LogP contribution in [0.15, 0.2) is 6.20 Å². The zero-order valence-corrected chi connectivity index (χ0v) is 11.9. The van der Waals surface area contributed by atoms with E-state index in [0.29, 0.717) is 6.04 Å². The smallest absolute Gasteiger partial charge is 0.0834 e. The van der Waals surface area contributed by atoms with Crippen LogP contribution in [0.5, 0.6) is 0 Å². The normalized spacial score (nSPS) is 12.9. The molecule has 1 heterocycles. The molecular weight excluding hydrogens is 234 g/mol. The standard InChI is InChI=1S/C13H24ClN3/c1-4-7-8-9-12(15-5-2)13-11(14)10-16-17(13)6-3/h10,12,15H,4-9H2,1-3H3. The molecule has 0 aromatic carbocycles. The van der Waals surface area contributed by atoms with Crippen LogP contribution in [0.3, 0.4) is 0 Å². The fourth-order valence-corrected chi connectivity index (χ4v) is 2.42. The molecule has 0 amide bonds. The highest BCUT2D eigenvalue weighted by Crippen LogP contribution is 2.26. The number of aromatic nitrogens is 2. The first-order valence-corrected chi connectivity index (χ1v) is 7.06. The molecule has 1 aromatic heterocycles. The third-order valence-electron chi connectivity index (χ3n) is 3.01. The van der Waals surface area contributed by atoms with E-state index < -0.39 is 0 Å². The molecule has 0 fully saturated rings. The summed E-state index contributed by atoms with van der Waals surface area (Å²) in [5, 5.41) is 8.61. The number of aryl methyl sites for hydroxylation is 1. The van der Waals surface area contributed by atoms with Crippen molar-refractivity contribution in [2.45, 2.75) is 59.0 Å². The van der Waals surface area contributed by atoms with Crippen LogP contribution in [-0.2, 0) is 6.54 Å². The molecule has 1 unspecified atom stereocenters. The van der Waals surface area contributed by atoms with Crippen LogP contribution >= 0.6 is 11.6 Å². The van der Waals surface area contributed by atoms with Gasteiger partial charge in [0.2, 0.25) is 0 Å². The van der Waals surface area contributed by atoms with Crippen molar-refractivity contribution in [3.63, 3.8) is 0 Å². The lowest BCUT2D eigenvalue weighted by atomic mass is 10.1. The molecule has 0 aliphatic rings. The van der Waals surface area contributed by atoms with E-state index in [-0.39, 0.29) is 0 Å². The van der Waals surface area contributed by atoms with Crippen molar-refractivity contribution < 1.29 is 0 Å². The molecule has 0 aliphatic carbocycles. The molecule has 0 bridgehead atoms. The highest BCUT2D eigenvalue weighted by Gasteiger charge is 2.18. The van der Waals surface area contributed by atoms with Gasteiger partial charge in [0.15, 0.2) is 0 Å². The maximum atomic E-state index is 6.24. The van der Waals surface area contributed by atoms with E-state index in [1.807, 2.05) is 4.68 Å². The third kappa shape index (κ3) is 4.00. The lowest BCUT2D eigenvalue weighted by molar-refractivity contribution is 0.448. The second-order valence-electron chi connectivity index (χ2n) is 4.30. The van der Waals surface area contributed by atoms with Crippen LogP contribution in [-0.4, -0.2) is 16.3 Å². The van der Waals surface area contributed by atoms with E-state index in [1.54, 1.807) is 6.20 Å². The number of nitrogens with zero attached hydrogens (tertiary/aromatic N) is 2. The Kier molecular flexibility index (Phi) is 6.60. The van der Waals surface area contributed by atoms with Crippen LogP contribution in [0.1, 0.15) is 58.2 Å². The van der Waals surface area contributed by atoms with Crippen LogP contribution < -0.4 is 5.32 Å². The molecule has 3 nitrogen and oxygen atoms in total. The molecule has 1 N–H and O–H groups in total. The minimum absolute atomic E-state index is 0.335. The Bertz CT molecular complexity index is 322. The molecule has 17 heavy (non-hydrogen) atoms. The van der Waals surface area contributed by atoms with Crippen LogP contribution in [0, 0.1) is 0 Å². The first-order valence-electron chi connectivity index (χ1n) is 6.69. The Balaban J connectivity index is 2.76. The van der Waals surface area contributed by atoms with E-state index in [2.05, 4.69) is 31.2 Å². The Morgan fingerprint density at radius 1 is 1.35 bits per heavy atom. The fraction of sp³-hybridized carbons (Fsp3) is 0.769. The van der Waals surface area contributed by atoms with Gasteiger partial charge in [-0.05, 0) is 19.9 Å². The first-order chi connectivity index (χ1) is 8.24. The van der Waals surface area contributed by atoms with Gasteiger partial charge in [0.05, 0.1) is 23.0 Å². The topological polar surface area (TPSA) is 29.9 Å². The van der Waals surface area contributed by atoms with Crippen molar-refractivity contribution in [2.75, 3.05) is 6.54 Å². The fourth-order valence-electron chi connectivity index (χ4n) is 2.15. The quantitative estimate of drug-likeness (QED) is 0.718. The number of nitrogens with one attached hydrogen (secondary N) is 1. The van der Waals surface area contributed by atoms with Crippen molar-refractivity contribution >= 4 is 11.6 Å². The summed E-state index contributed by atoms with van der Waals surface area (Å²) in [6.45, 7) is 8.29. The van der Waals surface area contributed by atoms with Gasteiger partial charge < -0.3 is 5.32 Å². The van der Waals surface area contributed by atoms with E-state index in [4.69, 9.17) is 11.6 Å². The van der Waals surface area contributed by atoms with Gasteiger partial charge in [-0.3, -0.25) is 4.68 Å². The zero-order chi connectivity index (χ0) is 12.7. The average Bonchev–Trinajstić information content (AvgIpc) is 2.69. The van der Waals surface area contributed by atoms with Crippen LogP contribution in [0.25, 0.3) is 0 Å². The Morgan fingerprint density at radius 3 is 2.71 bits per heavy atom. The number of rotatable bonds is 8. The summed E-state index contributed by atoms with van der Waals surface area (Å²) in [7, 11) is 0. The summed E-state index contributed by atoms with van der Waals surface area (Å²) in [5.41, 5.74) is 1.15. The van der Waals surface area contributed by atoms with Gasteiger partial charge in [-0.15, -0.1) is 0 Å². The monoisotopic (exact) mass is 257 g/mol. The molecular formula is C13H24ClN3. The largest absolute Gasteiger partial charge is 0.309 e. The summed E-state index contributed by atoms with van der Waals surface area (Å²) in [5.74, 6) is 0. The lowest BCUT2D eigenvalue weighted by Crippen LogP contribution is -2.24. The van der Waals surface area contributed by atoms with E-state index in [9.17, 15) is 0 Å². The molecule has 0 saturated heterocycles. The van der Waals surface area contributed by atoms with Crippen LogP contribution in [0.4, 0.5) is 0 Å². The second kappa shape index (κ2) is 7.72. The van der Waals surface area contributed by atoms with Crippen molar-refractivity contribution in [3.05, 3.63) is 16.9 Å². The van der Waals surface area contributed by atoms with E-state index >= 15 is 0 Å². The molecule has 1 rings (SSSR count). The summed E-state index contributed by atoms with van der Waals surface area (Å²) < 4.78 is 2.00. The van der Waals surface area contributed by atoms with E-state index in [1.165, 1.54) is 19.3 Å². The molecule has 0 spiro atoms. The van der Waals surface area contributed by atoms with Gasteiger partial charge in [0.25, 0.3) is 0 Å². The third-order valence-corrected chi connectivity index (χ3v) is 3.30.